The third kappa shape index (κ3) is 3.66. The van der Waals surface area contributed by atoms with Crippen LogP contribution in [-0.4, -0.2) is 13.5 Å². The van der Waals surface area contributed by atoms with Crippen LogP contribution in [0.4, 0.5) is 5.69 Å². The third-order valence-electron chi connectivity index (χ3n) is 2.98. The molecule has 0 aliphatic carbocycles. The standard InChI is InChI=1S/C14H16BrNO3S2/c1-9(2)11-5-3-4-6-12(11)16-21(18,19)13-7-10(8-17)20-14(13)15/h3-7,9,16-17H,8H2,1-2H3. The summed E-state index contributed by atoms with van der Waals surface area (Å²) in [7, 11) is -3.69. The fraction of sp³-hybridized carbons (Fsp3) is 0.286. The summed E-state index contributed by atoms with van der Waals surface area (Å²) in [5.41, 5.74) is 1.52. The molecule has 114 valence electrons. The van der Waals surface area contributed by atoms with Gasteiger partial charge in [0, 0.05) is 4.88 Å². The zero-order valence-corrected chi connectivity index (χ0v) is 14.8. The Hall–Kier alpha value is -0.890. The Morgan fingerprint density at radius 1 is 1.33 bits per heavy atom. The normalized spacial score (nSPS) is 11.9. The van der Waals surface area contributed by atoms with Crippen LogP contribution in [0.25, 0.3) is 0 Å². The molecule has 0 amide bonds. The van der Waals surface area contributed by atoms with Crippen LogP contribution in [0.3, 0.4) is 0 Å². The number of sulfonamides is 1. The van der Waals surface area contributed by atoms with Crippen LogP contribution in [0, 0.1) is 0 Å². The molecule has 0 radical (unpaired) electrons. The summed E-state index contributed by atoms with van der Waals surface area (Å²) in [4.78, 5) is 0.745. The molecule has 0 unspecified atom stereocenters. The van der Waals surface area contributed by atoms with E-state index >= 15 is 0 Å². The SMILES string of the molecule is CC(C)c1ccccc1NS(=O)(=O)c1cc(CO)sc1Br. The van der Waals surface area contributed by atoms with Crippen LogP contribution in [0.15, 0.2) is 39.0 Å². The van der Waals surface area contributed by atoms with E-state index < -0.39 is 10.0 Å². The summed E-state index contributed by atoms with van der Waals surface area (Å²) in [5.74, 6) is 0.211. The van der Waals surface area contributed by atoms with Crippen LogP contribution < -0.4 is 4.72 Å². The maximum Gasteiger partial charge on any atom is 0.263 e. The van der Waals surface area contributed by atoms with Crippen LogP contribution in [0.1, 0.15) is 30.2 Å². The number of thiophene rings is 1. The number of aliphatic hydroxyl groups is 1. The van der Waals surface area contributed by atoms with Gasteiger partial charge in [0.05, 0.1) is 16.1 Å². The van der Waals surface area contributed by atoms with E-state index in [2.05, 4.69) is 20.7 Å². The first-order chi connectivity index (χ1) is 9.85. The van der Waals surface area contributed by atoms with Gasteiger partial charge in [0.1, 0.15) is 4.90 Å². The Morgan fingerprint density at radius 3 is 2.57 bits per heavy atom. The minimum absolute atomic E-state index is 0.148. The summed E-state index contributed by atoms with van der Waals surface area (Å²) in [6.07, 6.45) is 0. The molecule has 1 aromatic carbocycles. The van der Waals surface area contributed by atoms with Crippen LogP contribution in [0.2, 0.25) is 0 Å². The lowest BCUT2D eigenvalue weighted by atomic mass is 10.0. The Labute approximate surface area is 137 Å². The van der Waals surface area contributed by atoms with Crippen molar-refractivity contribution >= 4 is 43.0 Å². The average molecular weight is 390 g/mol. The first kappa shape index (κ1) is 16.5. The lowest BCUT2D eigenvalue weighted by Crippen LogP contribution is -2.14. The van der Waals surface area contributed by atoms with Crippen molar-refractivity contribution in [2.75, 3.05) is 4.72 Å². The number of hydrogen-bond acceptors (Lipinski definition) is 4. The summed E-state index contributed by atoms with van der Waals surface area (Å²) in [5, 5.41) is 9.12. The molecule has 4 nitrogen and oxygen atoms in total. The number of hydrogen-bond donors (Lipinski definition) is 2. The second-order valence-electron chi connectivity index (χ2n) is 4.86. The zero-order valence-electron chi connectivity index (χ0n) is 11.6. The molecular formula is C14H16BrNO3S2. The summed E-state index contributed by atoms with van der Waals surface area (Å²) < 4.78 is 28.1. The molecule has 21 heavy (non-hydrogen) atoms. The molecule has 7 heteroatoms. The highest BCUT2D eigenvalue weighted by molar-refractivity contribution is 9.11. The molecule has 0 atom stereocenters. The molecule has 0 fully saturated rings. The molecule has 0 saturated carbocycles. The van der Waals surface area contributed by atoms with Crippen molar-refractivity contribution in [1.29, 1.82) is 0 Å². The smallest absolute Gasteiger partial charge is 0.263 e. The minimum atomic E-state index is -3.69. The van der Waals surface area contributed by atoms with Crippen LogP contribution in [0.5, 0.6) is 0 Å². The van der Waals surface area contributed by atoms with Gasteiger partial charge < -0.3 is 5.11 Å². The van der Waals surface area contributed by atoms with E-state index in [1.165, 1.54) is 17.4 Å². The predicted octanol–water partition coefficient (Wildman–Crippen LogP) is 3.93. The molecule has 2 N–H and O–H groups in total. The molecule has 0 aliphatic rings. The fourth-order valence-corrected chi connectivity index (χ4v) is 5.58. The van der Waals surface area contributed by atoms with Gasteiger partial charge in [0.15, 0.2) is 0 Å². The molecule has 0 saturated heterocycles. The lowest BCUT2D eigenvalue weighted by Gasteiger charge is -2.14. The molecule has 1 heterocycles. The summed E-state index contributed by atoms with van der Waals surface area (Å²) >= 11 is 4.45. The van der Waals surface area contributed by atoms with E-state index in [0.29, 0.717) is 14.4 Å². The monoisotopic (exact) mass is 389 g/mol. The van der Waals surface area contributed by atoms with Gasteiger partial charge in [-0.15, -0.1) is 11.3 Å². The van der Waals surface area contributed by atoms with Gasteiger partial charge >= 0.3 is 0 Å². The van der Waals surface area contributed by atoms with Gasteiger partial charge in [-0.3, -0.25) is 4.72 Å². The van der Waals surface area contributed by atoms with Gasteiger partial charge in [0.2, 0.25) is 0 Å². The highest BCUT2D eigenvalue weighted by Gasteiger charge is 2.22. The van der Waals surface area contributed by atoms with Crippen molar-refractivity contribution in [3.8, 4) is 0 Å². The first-order valence-electron chi connectivity index (χ1n) is 6.36. The van der Waals surface area contributed by atoms with Crippen LogP contribution >= 0.6 is 27.3 Å². The summed E-state index contributed by atoms with van der Waals surface area (Å²) in [6.45, 7) is 3.84. The van der Waals surface area contributed by atoms with E-state index in [1.54, 1.807) is 12.1 Å². The highest BCUT2D eigenvalue weighted by Crippen LogP contribution is 2.34. The molecule has 2 rings (SSSR count). The Bertz CT molecular complexity index is 738. The van der Waals surface area contributed by atoms with Gasteiger partial charge in [0.25, 0.3) is 10.0 Å². The number of para-hydroxylation sites is 1. The largest absolute Gasteiger partial charge is 0.391 e. The quantitative estimate of drug-likeness (QED) is 0.813. The minimum Gasteiger partial charge on any atom is -0.391 e. The summed E-state index contributed by atoms with van der Waals surface area (Å²) in [6, 6.07) is 8.82. The van der Waals surface area contributed by atoms with Gasteiger partial charge in [-0.25, -0.2) is 8.42 Å². The zero-order chi connectivity index (χ0) is 15.6. The number of rotatable bonds is 5. The van der Waals surface area contributed by atoms with Gasteiger partial charge in [-0.2, -0.15) is 0 Å². The molecule has 0 aliphatic heterocycles. The van der Waals surface area contributed by atoms with E-state index in [9.17, 15) is 8.42 Å². The van der Waals surface area contributed by atoms with Gasteiger partial charge in [-0.1, -0.05) is 32.0 Å². The van der Waals surface area contributed by atoms with Crippen molar-refractivity contribution in [2.45, 2.75) is 31.3 Å². The van der Waals surface area contributed by atoms with Crippen molar-refractivity contribution < 1.29 is 13.5 Å². The van der Waals surface area contributed by atoms with Gasteiger partial charge in [-0.05, 0) is 39.5 Å². The average Bonchev–Trinajstić information content (AvgIpc) is 2.81. The second kappa shape index (κ2) is 6.48. The molecule has 1 aromatic heterocycles. The third-order valence-corrected chi connectivity index (χ3v) is 6.58. The topological polar surface area (TPSA) is 66.4 Å². The highest BCUT2D eigenvalue weighted by atomic mass is 79.9. The van der Waals surface area contributed by atoms with E-state index in [1.807, 2.05) is 26.0 Å². The fourth-order valence-electron chi connectivity index (χ4n) is 1.95. The molecule has 0 bridgehead atoms. The Kier molecular flexibility index (Phi) is 5.08. The Morgan fingerprint density at radius 2 is 2.00 bits per heavy atom. The number of anilines is 1. The number of aliphatic hydroxyl groups excluding tert-OH is 1. The van der Waals surface area contributed by atoms with Crippen molar-refractivity contribution in [1.82, 2.24) is 0 Å². The lowest BCUT2D eigenvalue weighted by molar-refractivity contribution is 0.285. The predicted molar refractivity (Wildman–Crippen MR) is 89.3 cm³/mol. The molecular weight excluding hydrogens is 374 g/mol. The van der Waals surface area contributed by atoms with Crippen molar-refractivity contribution in [3.05, 3.63) is 44.6 Å². The van der Waals surface area contributed by atoms with Crippen molar-refractivity contribution in [2.24, 2.45) is 0 Å². The Balaban J connectivity index is 2.40. The first-order valence-corrected chi connectivity index (χ1v) is 9.45. The van der Waals surface area contributed by atoms with Crippen molar-refractivity contribution in [3.63, 3.8) is 0 Å². The van der Waals surface area contributed by atoms with E-state index in [-0.39, 0.29) is 17.4 Å². The molecule has 0 spiro atoms. The second-order valence-corrected chi connectivity index (χ2v) is 8.96. The van der Waals surface area contributed by atoms with E-state index in [0.717, 1.165) is 5.56 Å². The maximum atomic E-state index is 12.5. The number of nitrogens with one attached hydrogen (secondary N) is 1. The number of halogens is 1. The van der Waals surface area contributed by atoms with Crippen LogP contribution in [-0.2, 0) is 16.6 Å². The maximum absolute atomic E-state index is 12.5. The molecule has 2 aromatic rings. The number of benzene rings is 1. The van der Waals surface area contributed by atoms with E-state index in [4.69, 9.17) is 5.11 Å².